The van der Waals surface area contributed by atoms with Crippen LogP contribution in [-0.4, -0.2) is 44.2 Å². The van der Waals surface area contributed by atoms with Crippen LogP contribution in [-0.2, 0) is 12.5 Å². The van der Waals surface area contributed by atoms with E-state index in [0.29, 0.717) is 11.4 Å². The van der Waals surface area contributed by atoms with Gasteiger partial charge in [0.25, 0.3) is 0 Å². The van der Waals surface area contributed by atoms with Gasteiger partial charge >= 0.3 is 6.18 Å². The number of nitrogens with zero attached hydrogens (tertiary/aromatic N) is 6. The molecular formula is C16H15F3N6O. The summed E-state index contributed by atoms with van der Waals surface area (Å²) in [5, 5.41) is 7.70. The SMILES string of the molecule is Cn1cc(-c2noc(C3(C(F)(F)F)CCN(c4ccccn4)C3)n2)cn1. The molecule has 3 aromatic rings. The summed E-state index contributed by atoms with van der Waals surface area (Å²) in [6.45, 7) is -0.122. The summed E-state index contributed by atoms with van der Waals surface area (Å²) in [5.41, 5.74) is -1.72. The molecule has 1 aliphatic heterocycles. The van der Waals surface area contributed by atoms with Crippen molar-refractivity contribution in [2.24, 2.45) is 7.05 Å². The largest absolute Gasteiger partial charge is 0.405 e. The van der Waals surface area contributed by atoms with Gasteiger partial charge in [-0.05, 0) is 18.6 Å². The minimum atomic E-state index is -4.53. The van der Waals surface area contributed by atoms with Gasteiger partial charge in [0.2, 0.25) is 11.7 Å². The van der Waals surface area contributed by atoms with E-state index in [0.717, 1.165) is 0 Å². The van der Waals surface area contributed by atoms with Gasteiger partial charge in [0, 0.05) is 32.5 Å². The second kappa shape index (κ2) is 5.82. The summed E-state index contributed by atoms with van der Waals surface area (Å²) in [7, 11) is 1.70. The fourth-order valence-corrected chi connectivity index (χ4v) is 3.15. The number of hydrogen-bond acceptors (Lipinski definition) is 6. The van der Waals surface area contributed by atoms with Crippen molar-refractivity contribution in [2.45, 2.75) is 18.0 Å². The van der Waals surface area contributed by atoms with E-state index in [4.69, 9.17) is 4.52 Å². The molecule has 1 fully saturated rings. The summed E-state index contributed by atoms with van der Waals surface area (Å²) in [6, 6.07) is 5.14. The first kappa shape index (κ1) is 16.6. The van der Waals surface area contributed by atoms with Gasteiger partial charge in [-0.3, -0.25) is 4.68 Å². The van der Waals surface area contributed by atoms with Crippen molar-refractivity contribution >= 4 is 5.82 Å². The lowest BCUT2D eigenvalue weighted by molar-refractivity contribution is -0.191. The minimum absolute atomic E-state index is 0.0908. The minimum Gasteiger partial charge on any atom is -0.355 e. The summed E-state index contributed by atoms with van der Waals surface area (Å²) in [5.74, 6) is 0.154. The van der Waals surface area contributed by atoms with Crippen molar-refractivity contribution in [3.63, 3.8) is 0 Å². The highest BCUT2D eigenvalue weighted by molar-refractivity contribution is 5.51. The van der Waals surface area contributed by atoms with E-state index in [2.05, 4.69) is 20.2 Å². The molecule has 0 saturated carbocycles. The fraction of sp³-hybridized carbons (Fsp3) is 0.375. The lowest BCUT2D eigenvalue weighted by atomic mass is 9.86. The molecule has 0 amide bonds. The van der Waals surface area contributed by atoms with Crippen LogP contribution < -0.4 is 4.90 Å². The predicted molar refractivity (Wildman–Crippen MR) is 85.3 cm³/mol. The molecule has 26 heavy (non-hydrogen) atoms. The Morgan fingerprint density at radius 2 is 2.12 bits per heavy atom. The fourth-order valence-electron chi connectivity index (χ4n) is 3.15. The summed E-state index contributed by atoms with van der Waals surface area (Å²) in [6.07, 6.45) is -0.0688. The van der Waals surface area contributed by atoms with Crippen molar-refractivity contribution in [2.75, 3.05) is 18.0 Å². The van der Waals surface area contributed by atoms with Crippen LogP contribution in [0.3, 0.4) is 0 Å². The quantitative estimate of drug-likeness (QED) is 0.711. The molecule has 0 N–H and O–H groups in total. The smallest absolute Gasteiger partial charge is 0.355 e. The first-order chi connectivity index (χ1) is 12.4. The highest BCUT2D eigenvalue weighted by atomic mass is 19.4. The average Bonchev–Trinajstić information content (AvgIpc) is 3.34. The zero-order valence-electron chi connectivity index (χ0n) is 13.8. The second-order valence-corrected chi connectivity index (χ2v) is 6.27. The van der Waals surface area contributed by atoms with Gasteiger partial charge in [0.15, 0.2) is 5.41 Å². The van der Waals surface area contributed by atoms with E-state index >= 15 is 0 Å². The van der Waals surface area contributed by atoms with Crippen LogP contribution in [0.5, 0.6) is 0 Å². The number of aryl methyl sites for hydroxylation is 1. The number of rotatable bonds is 3. The topological polar surface area (TPSA) is 72.9 Å². The Balaban J connectivity index is 1.70. The molecule has 3 aromatic heterocycles. The Labute approximate surface area is 146 Å². The number of anilines is 1. The normalized spacial score (nSPS) is 20.7. The Morgan fingerprint density at radius 1 is 1.27 bits per heavy atom. The zero-order valence-corrected chi connectivity index (χ0v) is 13.8. The Kier molecular flexibility index (Phi) is 3.70. The molecule has 0 bridgehead atoms. The lowest BCUT2D eigenvalue weighted by Crippen LogP contribution is -2.45. The highest BCUT2D eigenvalue weighted by Crippen LogP contribution is 2.48. The van der Waals surface area contributed by atoms with E-state index in [1.54, 1.807) is 42.5 Å². The molecule has 1 saturated heterocycles. The van der Waals surface area contributed by atoms with Gasteiger partial charge in [-0.1, -0.05) is 11.2 Å². The Hall–Kier alpha value is -2.91. The summed E-state index contributed by atoms with van der Waals surface area (Å²) >= 11 is 0. The Bertz CT molecular complexity index is 906. The molecule has 0 aromatic carbocycles. The predicted octanol–water partition coefficient (Wildman–Crippen LogP) is 2.58. The van der Waals surface area contributed by atoms with E-state index in [-0.39, 0.29) is 25.3 Å². The Morgan fingerprint density at radius 3 is 2.77 bits per heavy atom. The summed E-state index contributed by atoms with van der Waals surface area (Å²) in [4.78, 5) is 9.77. The molecule has 10 heteroatoms. The van der Waals surface area contributed by atoms with Crippen molar-refractivity contribution in [3.05, 3.63) is 42.7 Å². The molecule has 4 rings (SSSR count). The number of pyridine rings is 1. The van der Waals surface area contributed by atoms with E-state index in [1.807, 2.05) is 0 Å². The molecule has 0 radical (unpaired) electrons. The third-order valence-electron chi connectivity index (χ3n) is 4.58. The van der Waals surface area contributed by atoms with Gasteiger partial charge in [-0.15, -0.1) is 0 Å². The molecule has 4 heterocycles. The van der Waals surface area contributed by atoms with Crippen LogP contribution in [0.25, 0.3) is 11.4 Å². The molecule has 1 aliphatic rings. The number of aromatic nitrogens is 5. The van der Waals surface area contributed by atoms with Crippen LogP contribution in [0.1, 0.15) is 12.3 Å². The maximum Gasteiger partial charge on any atom is 0.405 e. The van der Waals surface area contributed by atoms with Gasteiger partial charge in [-0.25, -0.2) is 4.98 Å². The third-order valence-corrected chi connectivity index (χ3v) is 4.58. The number of hydrogen-bond donors (Lipinski definition) is 0. The van der Waals surface area contributed by atoms with Gasteiger partial charge in [-0.2, -0.15) is 23.3 Å². The highest BCUT2D eigenvalue weighted by Gasteiger charge is 2.63. The van der Waals surface area contributed by atoms with Crippen molar-refractivity contribution < 1.29 is 17.7 Å². The monoisotopic (exact) mass is 364 g/mol. The van der Waals surface area contributed by atoms with E-state index < -0.39 is 17.5 Å². The van der Waals surface area contributed by atoms with E-state index in [1.165, 1.54) is 10.9 Å². The molecule has 7 nitrogen and oxygen atoms in total. The number of halogens is 3. The van der Waals surface area contributed by atoms with Gasteiger partial charge in [0.05, 0.1) is 11.8 Å². The maximum atomic E-state index is 14.0. The molecule has 1 unspecified atom stereocenters. The van der Waals surface area contributed by atoms with Crippen LogP contribution >= 0.6 is 0 Å². The maximum absolute atomic E-state index is 14.0. The second-order valence-electron chi connectivity index (χ2n) is 6.27. The standard InChI is InChI=1S/C16H15F3N6O/c1-24-9-11(8-21-24)13-22-14(26-23-13)15(16(17,18)19)5-7-25(10-15)12-4-2-3-6-20-12/h2-4,6,8-9H,5,7,10H2,1H3. The molecule has 0 aliphatic carbocycles. The zero-order chi connectivity index (χ0) is 18.4. The van der Waals surface area contributed by atoms with Crippen molar-refractivity contribution in [1.82, 2.24) is 24.9 Å². The van der Waals surface area contributed by atoms with Gasteiger partial charge < -0.3 is 9.42 Å². The van der Waals surface area contributed by atoms with E-state index in [9.17, 15) is 13.2 Å². The lowest BCUT2D eigenvalue weighted by Gasteiger charge is -2.28. The third kappa shape index (κ3) is 2.61. The van der Waals surface area contributed by atoms with Crippen molar-refractivity contribution in [1.29, 1.82) is 0 Å². The molecular weight excluding hydrogens is 349 g/mol. The van der Waals surface area contributed by atoms with Crippen LogP contribution in [0, 0.1) is 0 Å². The number of alkyl halides is 3. The van der Waals surface area contributed by atoms with Crippen LogP contribution in [0.4, 0.5) is 19.0 Å². The molecule has 0 spiro atoms. The molecule has 136 valence electrons. The molecule has 1 atom stereocenters. The first-order valence-electron chi connectivity index (χ1n) is 7.95. The average molecular weight is 364 g/mol. The van der Waals surface area contributed by atoms with Crippen LogP contribution in [0.15, 0.2) is 41.3 Å². The van der Waals surface area contributed by atoms with Crippen molar-refractivity contribution in [3.8, 4) is 11.4 Å². The first-order valence-corrected chi connectivity index (χ1v) is 7.95. The van der Waals surface area contributed by atoms with Crippen LogP contribution in [0.2, 0.25) is 0 Å². The van der Waals surface area contributed by atoms with Gasteiger partial charge in [0.1, 0.15) is 5.82 Å². The summed E-state index contributed by atoms with van der Waals surface area (Å²) < 4.78 is 48.6.